The van der Waals surface area contributed by atoms with Crippen LogP contribution in [0.4, 0.5) is 0 Å². The number of carbonyl (C=O) groups is 2. The van der Waals surface area contributed by atoms with Crippen molar-refractivity contribution >= 4 is 11.9 Å². The van der Waals surface area contributed by atoms with Crippen LogP contribution in [0.2, 0.25) is 0 Å². The van der Waals surface area contributed by atoms with Gasteiger partial charge in [-0.05, 0) is 24.3 Å². The lowest BCUT2D eigenvalue weighted by molar-refractivity contribution is -0.0209. The first kappa shape index (κ1) is 15.0. The van der Waals surface area contributed by atoms with Gasteiger partial charge in [0.25, 0.3) is 0 Å². The zero-order valence-corrected chi connectivity index (χ0v) is 11.9. The highest BCUT2D eigenvalue weighted by Gasteiger charge is 2.48. The molecule has 0 saturated carbocycles. The Kier molecular flexibility index (Phi) is 4.10. The highest BCUT2D eigenvalue weighted by atomic mass is 16.6. The monoisotopic (exact) mass is 308 g/mol. The van der Waals surface area contributed by atoms with Crippen LogP contribution in [0, 0.1) is 0 Å². The average Bonchev–Trinajstić information content (AvgIpc) is 3.11. The van der Waals surface area contributed by atoms with Gasteiger partial charge >= 0.3 is 11.9 Å². The molecule has 2 aliphatic rings. The zero-order valence-electron chi connectivity index (χ0n) is 11.9. The Morgan fingerprint density at radius 3 is 2.27 bits per heavy atom. The summed E-state index contributed by atoms with van der Waals surface area (Å²) in [6.45, 7) is 0.371. The molecule has 2 heterocycles. The molecule has 0 spiro atoms. The molecule has 0 radical (unpaired) electrons. The van der Waals surface area contributed by atoms with E-state index in [4.69, 9.17) is 14.2 Å². The standard InChI is InChI=1S/C15H16O7/c1-19-14(17)8-2-4-9(5-3-8)15(18)22-11-7-21-12-10(16)6-20-13(11)12/h2-5,10-13,16H,6-7H2,1H3/t10-,11-,12+,13+/m0/s1. The van der Waals surface area contributed by atoms with Crippen molar-refractivity contribution < 1.29 is 33.6 Å². The molecule has 7 nitrogen and oxygen atoms in total. The number of fused-ring (bicyclic) bond motifs is 1. The Bertz CT molecular complexity index is 568. The third-order valence-corrected chi connectivity index (χ3v) is 3.78. The van der Waals surface area contributed by atoms with Gasteiger partial charge in [-0.1, -0.05) is 0 Å². The summed E-state index contributed by atoms with van der Waals surface area (Å²) in [5.41, 5.74) is 0.667. The number of aliphatic hydroxyl groups is 1. The molecule has 0 aliphatic carbocycles. The fraction of sp³-hybridized carbons (Fsp3) is 0.467. The second-order valence-electron chi connectivity index (χ2n) is 5.18. The van der Waals surface area contributed by atoms with Crippen molar-refractivity contribution in [1.82, 2.24) is 0 Å². The molecule has 0 amide bonds. The van der Waals surface area contributed by atoms with Crippen molar-refractivity contribution in [3.05, 3.63) is 35.4 Å². The molecule has 0 bridgehead atoms. The normalized spacial score (nSPS) is 29.9. The van der Waals surface area contributed by atoms with Gasteiger partial charge in [0.2, 0.25) is 0 Å². The number of carbonyl (C=O) groups excluding carboxylic acids is 2. The minimum Gasteiger partial charge on any atom is -0.465 e. The van der Waals surface area contributed by atoms with Gasteiger partial charge < -0.3 is 24.1 Å². The lowest BCUT2D eigenvalue weighted by atomic mass is 10.1. The predicted octanol–water partition coefficient (Wildman–Crippen LogP) is 0.157. The van der Waals surface area contributed by atoms with E-state index in [1.807, 2.05) is 0 Å². The minimum atomic E-state index is -0.687. The fourth-order valence-corrected chi connectivity index (χ4v) is 2.61. The first-order chi connectivity index (χ1) is 10.6. The van der Waals surface area contributed by atoms with Crippen LogP contribution in [0.25, 0.3) is 0 Å². The van der Waals surface area contributed by atoms with E-state index < -0.39 is 36.4 Å². The highest BCUT2D eigenvalue weighted by Crippen LogP contribution is 2.29. The van der Waals surface area contributed by atoms with E-state index >= 15 is 0 Å². The van der Waals surface area contributed by atoms with Crippen molar-refractivity contribution in [2.24, 2.45) is 0 Å². The molecule has 2 aliphatic heterocycles. The first-order valence-electron chi connectivity index (χ1n) is 6.91. The quantitative estimate of drug-likeness (QED) is 0.795. The summed E-state index contributed by atoms with van der Waals surface area (Å²) in [4.78, 5) is 23.4. The lowest BCUT2D eigenvalue weighted by Crippen LogP contribution is -2.34. The Hall–Kier alpha value is -1.96. The molecule has 4 atom stereocenters. The van der Waals surface area contributed by atoms with E-state index in [1.54, 1.807) is 0 Å². The summed E-state index contributed by atoms with van der Waals surface area (Å²) >= 11 is 0. The van der Waals surface area contributed by atoms with Crippen LogP contribution in [-0.2, 0) is 18.9 Å². The number of hydrogen-bond donors (Lipinski definition) is 1. The maximum atomic E-state index is 12.1. The van der Waals surface area contributed by atoms with Gasteiger partial charge in [0.15, 0.2) is 6.10 Å². The van der Waals surface area contributed by atoms with Gasteiger partial charge in [0, 0.05) is 0 Å². The number of aliphatic hydroxyl groups excluding tert-OH is 1. The Labute approximate surface area is 126 Å². The Morgan fingerprint density at radius 2 is 1.64 bits per heavy atom. The summed E-state index contributed by atoms with van der Waals surface area (Å²) in [6.07, 6.45) is -2.12. The average molecular weight is 308 g/mol. The van der Waals surface area contributed by atoms with E-state index in [0.29, 0.717) is 11.1 Å². The van der Waals surface area contributed by atoms with Gasteiger partial charge in [-0.3, -0.25) is 0 Å². The third kappa shape index (κ3) is 2.70. The van der Waals surface area contributed by atoms with Crippen LogP contribution in [0.1, 0.15) is 20.7 Å². The third-order valence-electron chi connectivity index (χ3n) is 3.78. The molecule has 118 valence electrons. The second kappa shape index (κ2) is 6.04. The summed E-state index contributed by atoms with van der Waals surface area (Å²) in [6, 6.07) is 5.97. The topological polar surface area (TPSA) is 91.3 Å². The number of ether oxygens (including phenoxy) is 4. The number of hydrogen-bond acceptors (Lipinski definition) is 7. The van der Waals surface area contributed by atoms with Crippen molar-refractivity contribution in [2.45, 2.75) is 24.4 Å². The molecule has 7 heteroatoms. The molecule has 2 saturated heterocycles. The molecule has 0 unspecified atom stereocenters. The van der Waals surface area contributed by atoms with Crippen LogP contribution in [0.3, 0.4) is 0 Å². The van der Waals surface area contributed by atoms with Crippen molar-refractivity contribution in [3.8, 4) is 0 Å². The number of rotatable bonds is 3. The Morgan fingerprint density at radius 1 is 1.05 bits per heavy atom. The number of benzene rings is 1. The van der Waals surface area contributed by atoms with Crippen molar-refractivity contribution in [2.75, 3.05) is 20.3 Å². The maximum absolute atomic E-state index is 12.1. The smallest absolute Gasteiger partial charge is 0.338 e. The van der Waals surface area contributed by atoms with Crippen LogP contribution < -0.4 is 0 Å². The highest BCUT2D eigenvalue weighted by molar-refractivity contribution is 5.93. The summed E-state index contributed by atoms with van der Waals surface area (Å²) in [7, 11) is 1.29. The van der Waals surface area contributed by atoms with Gasteiger partial charge in [0.1, 0.15) is 18.3 Å². The summed E-state index contributed by atoms with van der Waals surface area (Å²) in [5, 5.41) is 9.64. The van der Waals surface area contributed by atoms with Crippen molar-refractivity contribution in [1.29, 1.82) is 0 Å². The van der Waals surface area contributed by atoms with Crippen LogP contribution in [-0.4, -0.2) is 61.8 Å². The van der Waals surface area contributed by atoms with E-state index in [1.165, 1.54) is 31.4 Å². The molecule has 22 heavy (non-hydrogen) atoms. The van der Waals surface area contributed by atoms with E-state index in [2.05, 4.69) is 4.74 Å². The molecule has 1 N–H and O–H groups in total. The molecular weight excluding hydrogens is 292 g/mol. The SMILES string of the molecule is COC(=O)c1ccc(C(=O)O[C@H]2CO[C@H]3[C@@H]2OC[C@@H]3O)cc1. The molecule has 1 aromatic rings. The predicted molar refractivity (Wildman–Crippen MR) is 72.5 cm³/mol. The van der Waals surface area contributed by atoms with Crippen molar-refractivity contribution in [3.63, 3.8) is 0 Å². The van der Waals surface area contributed by atoms with Crippen LogP contribution in [0.5, 0.6) is 0 Å². The zero-order chi connectivity index (χ0) is 15.7. The van der Waals surface area contributed by atoms with E-state index in [-0.39, 0.29) is 13.2 Å². The van der Waals surface area contributed by atoms with Gasteiger partial charge in [0.05, 0.1) is 31.5 Å². The van der Waals surface area contributed by atoms with Crippen LogP contribution in [0.15, 0.2) is 24.3 Å². The van der Waals surface area contributed by atoms with E-state index in [0.717, 1.165) is 0 Å². The van der Waals surface area contributed by atoms with Crippen LogP contribution >= 0.6 is 0 Å². The minimum absolute atomic E-state index is 0.178. The lowest BCUT2D eigenvalue weighted by Gasteiger charge is -2.16. The first-order valence-corrected chi connectivity index (χ1v) is 6.91. The summed E-state index contributed by atoms with van der Waals surface area (Å²) in [5.74, 6) is -1.00. The van der Waals surface area contributed by atoms with Gasteiger partial charge in [-0.25, -0.2) is 9.59 Å². The van der Waals surface area contributed by atoms with Gasteiger partial charge in [-0.15, -0.1) is 0 Å². The maximum Gasteiger partial charge on any atom is 0.338 e. The molecule has 2 fully saturated rings. The largest absolute Gasteiger partial charge is 0.465 e. The number of esters is 2. The fourth-order valence-electron chi connectivity index (χ4n) is 2.61. The Balaban J connectivity index is 1.64. The van der Waals surface area contributed by atoms with Gasteiger partial charge in [-0.2, -0.15) is 0 Å². The molecule has 1 aromatic carbocycles. The molecular formula is C15H16O7. The van der Waals surface area contributed by atoms with E-state index in [9.17, 15) is 14.7 Å². The summed E-state index contributed by atoms with van der Waals surface area (Å²) < 4.78 is 20.7. The second-order valence-corrected chi connectivity index (χ2v) is 5.18. The molecule has 0 aromatic heterocycles. The molecule has 3 rings (SSSR count). The number of methoxy groups -OCH3 is 1.